The van der Waals surface area contributed by atoms with Crippen LogP contribution in [0.4, 0.5) is 5.69 Å². The molecule has 82 valence electrons. The first kappa shape index (κ1) is 12.2. The fourth-order valence-corrected chi connectivity index (χ4v) is 1.64. The molecule has 0 fully saturated rings. The van der Waals surface area contributed by atoms with Gasteiger partial charge in [0.1, 0.15) is 0 Å². The van der Waals surface area contributed by atoms with Crippen molar-refractivity contribution in [3.05, 3.63) is 28.2 Å². The number of nitrogens with one attached hydrogen (secondary N) is 1. The van der Waals surface area contributed by atoms with Crippen LogP contribution in [0.2, 0.25) is 0 Å². The summed E-state index contributed by atoms with van der Waals surface area (Å²) in [6, 6.07) is 5.56. The number of halogens is 1. The second-order valence-electron chi connectivity index (χ2n) is 3.52. The molecule has 1 aromatic rings. The van der Waals surface area contributed by atoms with Crippen LogP contribution in [-0.4, -0.2) is 18.9 Å². The molecule has 0 aliphatic carbocycles. The van der Waals surface area contributed by atoms with Gasteiger partial charge in [-0.05, 0) is 42.0 Å². The van der Waals surface area contributed by atoms with E-state index in [-0.39, 0.29) is 11.8 Å². The molecule has 0 radical (unpaired) electrons. The van der Waals surface area contributed by atoms with Crippen molar-refractivity contribution < 1.29 is 4.79 Å². The number of hydrogen-bond donors (Lipinski definition) is 2. The van der Waals surface area contributed by atoms with Gasteiger partial charge in [-0.2, -0.15) is 0 Å². The Labute approximate surface area is 98.2 Å². The van der Waals surface area contributed by atoms with E-state index in [1.165, 1.54) is 0 Å². The van der Waals surface area contributed by atoms with E-state index in [0.29, 0.717) is 17.7 Å². The van der Waals surface area contributed by atoms with Crippen molar-refractivity contribution in [3.8, 4) is 0 Å². The zero-order valence-electron chi connectivity index (χ0n) is 8.88. The summed E-state index contributed by atoms with van der Waals surface area (Å²) in [5.41, 5.74) is 6.92. The standard InChI is InChI=1S/C11H15BrN2O/c1-7(14-2)6-10(15)8-4-3-5-9(12)11(8)13/h3-5,7,14H,6,13H2,1-2H3. The molecule has 1 atom stereocenters. The monoisotopic (exact) mass is 270 g/mol. The number of ketones is 1. The first-order valence-electron chi connectivity index (χ1n) is 4.80. The van der Waals surface area contributed by atoms with E-state index in [0.717, 1.165) is 4.47 Å². The molecule has 0 heterocycles. The Bertz CT molecular complexity index is 366. The maximum atomic E-state index is 11.8. The number of rotatable bonds is 4. The normalized spacial score (nSPS) is 12.5. The summed E-state index contributed by atoms with van der Waals surface area (Å²) >= 11 is 3.30. The summed E-state index contributed by atoms with van der Waals surface area (Å²) in [6.07, 6.45) is 0.456. The van der Waals surface area contributed by atoms with Crippen LogP contribution in [0.15, 0.2) is 22.7 Å². The van der Waals surface area contributed by atoms with Crippen LogP contribution in [0, 0.1) is 0 Å². The van der Waals surface area contributed by atoms with E-state index in [1.54, 1.807) is 6.07 Å². The number of nitrogens with two attached hydrogens (primary N) is 1. The molecule has 1 aromatic carbocycles. The van der Waals surface area contributed by atoms with E-state index in [1.807, 2.05) is 26.1 Å². The van der Waals surface area contributed by atoms with Crippen molar-refractivity contribution >= 4 is 27.4 Å². The molecule has 1 rings (SSSR count). The van der Waals surface area contributed by atoms with Gasteiger partial charge in [-0.15, -0.1) is 0 Å². The van der Waals surface area contributed by atoms with Crippen LogP contribution in [0.1, 0.15) is 23.7 Å². The van der Waals surface area contributed by atoms with Gasteiger partial charge in [0.05, 0.1) is 5.69 Å². The molecule has 0 amide bonds. The molecule has 15 heavy (non-hydrogen) atoms. The quantitative estimate of drug-likeness (QED) is 0.652. The van der Waals surface area contributed by atoms with Gasteiger partial charge >= 0.3 is 0 Å². The zero-order chi connectivity index (χ0) is 11.4. The summed E-state index contributed by atoms with van der Waals surface area (Å²) in [5.74, 6) is 0.0654. The highest BCUT2D eigenvalue weighted by atomic mass is 79.9. The first-order chi connectivity index (χ1) is 7.06. The lowest BCUT2D eigenvalue weighted by Crippen LogP contribution is -2.24. The number of anilines is 1. The maximum Gasteiger partial charge on any atom is 0.166 e. The number of para-hydroxylation sites is 1. The molecular weight excluding hydrogens is 256 g/mol. The Kier molecular flexibility index (Phi) is 4.29. The molecule has 0 spiro atoms. The lowest BCUT2D eigenvalue weighted by Gasteiger charge is -2.10. The maximum absolute atomic E-state index is 11.8. The minimum atomic E-state index is 0.0654. The van der Waals surface area contributed by atoms with Crippen molar-refractivity contribution in [3.63, 3.8) is 0 Å². The summed E-state index contributed by atoms with van der Waals surface area (Å²) in [6.45, 7) is 1.96. The van der Waals surface area contributed by atoms with Crippen LogP contribution in [-0.2, 0) is 0 Å². The molecular formula is C11H15BrN2O. The Morgan fingerprint density at radius 1 is 1.60 bits per heavy atom. The van der Waals surface area contributed by atoms with E-state index in [2.05, 4.69) is 21.2 Å². The summed E-state index contributed by atoms with van der Waals surface area (Å²) < 4.78 is 0.769. The topological polar surface area (TPSA) is 55.1 Å². The Morgan fingerprint density at radius 2 is 2.27 bits per heavy atom. The Morgan fingerprint density at radius 3 is 2.87 bits per heavy atom. The average molecular weight is 271 g/mol. The fourth-order valence-electron chi connectivity index (χ4n) is 1.27. The van der Waals surface area contributed by atoms with Crippen LogP contribution in [0.3, 0.4) is 0 Å². The second-order valence-corrected chi connectivity index (χ2v) is 4.37. The molecule has 0 bridgehead atoms. The van der Waals surface area contributed by atoms with Gasteiger partial charge in [0, 0.05) is 22.5 Å². The molecule has 0 saturated carbocycles. The summed E-state index contributed by atoms with van der Waals surface area (Å²) in [7, 11) is 1.84. The third-order valence-electron chi connectivity index (χ3n) is 2.34. The van der Waals surface area contributed by atoms with Crippen molar-refractivity contribution in [2.24, 2.45) is 0 Å². The molecule has 3 nitrogen and oxygen atoms in total. The summed E-state index contributed by atoms with van der Waals surface area (Å²) in [4.78, 5) is 11.8. The lowest BCUT2D eigenvalue weighted by atomic mass is 10.0. The largest absolute Gasteiger partial charge is 0.397 e. The van der Waals surface area contributed by atoms with E-state index >= 15 is 0 Å². The first-order valence-corrected chi connectivity index (χ1v) is 5.60. The van der Waals surface area contributed by atoms with Gasteiger partial charge in [0.25, 0.3) is 0 Å². The SMILES string of the molecule is CNC(C)CC(=O)c1cccc(Br)c1N. The van der Waals surface area contributed by atoms with Gasteiger partial charge in [0.15, 0.2) is 5.78 Å². The molecule has 0 aromatic heterocycles. The fraction of sp³-hybridized carbons (Fsp3) is 0.364. The number of benzene rings is 1. The van der Waals surface area contributed by atoms with Crippen molar-refractivity contribution in [2.75, 3.05) is 12.8 Å². The smallest absolute Gasteiger partial charge is 0.166 e. The lowest BCUT2D eigenvalue weighted by molar-refractivity contribution is 0.0973. The number of carbonyl (C=O) groups is 1. The predicted molar refractivity (Wildman–Crippen MR) is 66.0 cm³/mol. The molecule has 3 N–H and O–H groups in total. The van der Waals surface area contributed by atoms with Crippen LogP contribution >= 0.6 is 15.9 Å². The van der Waals surface area contributed by atoms with Crippen LogP contribution in [0.5, 0.6) is 0 Å². The summed E-state index contributed by atoms with van der Waals surface area (Å²) in [5, 5.41) is 3.03. The van der Waals surface area contributed by atoms with Gasteiger partial charge in [0.2, 0.25) is 0 Å². The van der Waals surface area contributed by atoms with Crippen molar-refractivity contribution in [1.29, 1.82) is 0 Å². The number of hydrogen-bond acceptors (Lipinski definition) is 3. The molecule has 0 aliphatic heterocycles. The predicted octanol–water partition coefficient (Wildman–Crippen LogP) is 2.21. The molecule has 1 unspecified atom stereocenters. The van der Waals surface area contributed by atoms with E-state index in [4.69, 9.17) is 5.73 Å². The Hall–Kier alpha value is -0.870. The minimum Gasteiger partial charge on any atom is -0.397 e. The van der Waals surface area contributed by atoms with Gasteiger partial charge < -0.3 is 11.1 Å². The average Bonchev–Trinajstić information content (AvgIpc) is 2.21. The van der Waals surface area contributed by atoms with Gasteiger partial charge in [-0.1, -0.05) is 6.07 Å². The van der Waals surface area contributed by atoms with Crippen molar-refractivity contribution in [1.82, 2.24) is 5.32 Å². The number of nitrogen functional groups attached to an aromatic ring is 1. The third kappa shape index (κ3) is 3.04. The van der Waals surface area contributed by atoms with Gasteiger partial charge in [-0.3, -0.25) is 4.79 Å². The van der Waals surface area contributed by atoms with Gasteiger partial charge in [-0.25, -0.2) is 0 Å². The number of carbonyl (C=O) groups excluding carboxylic acids is 1. The molecule has 0 aliphatic rings. The second kappa shape index (κ2) is 5.28. The zero-order valence-corrected chi connectivity index (χ0v) is 10.5. The van der Waals surface area contributed by atoms with E-state index < -0.39 is 0 Å². The van der Waals surface area contributed by atoms with Crippen molar-refractivity contribution in [2.45, 2.75) is 19.4 Å². The highest BCUT2D eigenvalue weighted by Gasteiger charge is 2.13. The highest BCUT2D eigenvalue weighted by Crippen LogP contribution is 2.24. The minimum absolute atomic E-state index is 0.0654. The van der Waals surface area contributed by atoms with Crippen LogP contribution < -0.4 is 11.1 Å². The highest BCUT2D eigenvalue weighted by molar-refractivity contribution is 9.10. The Balaban J connectivity index is 2.87. The van der Waals surface area contributed by atoms with Crippen LogP contribution in [0.25, 0.3) is 0 Å². The van der Waals surface area contributed by atoms with E-state index in [9.17, 15) is 4.79 Å². The molecule has 4 heteroatoms. The third-order valence-corrected chi connectivity index (χ3v) is 3.03. The number of Topliss-reactive ketones (excluding diaryl/α,β-unsaturated/α-hetero) is 1. The molecule has 0 saturated heterocycles.